The molecule has 2 aromatic carbocycles. The normalized spacial score (nSPS) is 10.5. The highest BCUT2D eigenvalue weighted by molar-refractivity contribution is 6.32. The van der Waals surface area contributed by atoms with Crippen LogP contribution in [0.3, 0.4) is 0 Å². The highest BCUT2D eigenvalue weighted by Crippen LogP contribution is 2.37. The van der Waals surface area contributed by atoms with Gasteiger partial charge in [0.25, 0.3) is 5.91 Å². The van der Waals surface area contributed by atoms with Crippen LogP contribution in [0.5, 0.6) is 11.5 Å². The molecule has 156 valence electrons. The van der Waals surface area contributed by atoms with Crippen LogP contribution in [-0.4, -0.2) is 25.0 Å². The smallest absolute Gasteiger partial charge is 0.255 e. The summed E-state index contributed by atoms with van der Waals surface area (Å²) in [4.78, 5) is 22.9. The number of amides is 2. The van der Waals surface area contributed by atoms with Crippen LogP contribution in [0.25, 0.3) is 0 Å². The maximum absolute atomic E-state index is 11.9. The molecule has 29 heavy (non-hydrogen) atoms. The van der Waals surface area contributed by atoms with Crippen molar-refractivity contribution >= 4 is 34.8 Å². The van der Waals surface area contributed by atoms with E-state index >= 15 is 0 Å². The molecule has 2 rings (SSSR count). The van der Waals surface area contributed by atoms with Crippen LogP contribution < -0.4 is 25.8 Å². The second-order valence-electron chi connectivity index (χ2n) is 6.67. The van der Waals surface area contributed by atoms with Gasteiger partial charge >= 0.3 is 0 Å². The van der Waals surface area contributed by atoms with Crippen LogP contribution in [0.4, 0.5) is 11.4 Å². The van der Waals surface area contributed by atoms with Gasteiger partial charge in [0.05, 0.1) is 11.6 Å². The molecule has 0 bridgehead atoms. The first-order valence-corrected chi connectivity index (χ1v) is 9.69. The van der Waals surface area contributed by atoms with Crippen LogP contribution in [0.15, 0.2) is 36.4 Å². The summed E-state index contributed by atoms with van der Waals surface area (Å²) < 4.78 is 11.0. The van der Waals surface area contributed by atoms with E-state index in [1.54, 1.807) is 12.1 Å². The fraction of sp³-hybridized carbons (Fsp3) is 0.333. The third-order valence-corrected chi connectivity index (χ3v) is 4.16. The molecule has 0 saturated carbocycles. The third-order valence-electron chi connectivity index (χ3n) is 3.88. The van der Waals surface area contributed by atoms with Gasteiger partial charge in [-0.3, -0.25) is 9.59 Å². The molecule has 0 aliphatic carbocycles. The molecule has 4 N–H and O–H groups in total. The summed E-state index contributed by atoms with van der Waals surface area (Å²) in [5.41, 5.74) is 7.56. The van der Waals surface area contributed by atoms with Gasteiger partial charge in [0.1, 0.15) is 0 Å². The second kappa shape index (κ2) is 10.6. The lowest BCUT2D eigenvalue weighted by Gasteiger charge is -2.15. The number of halogens is 1. The maximum Gasteiger partial charge on any atom is 0.255 e. The van der Waals surface area contributed by atoms with Gasteiger partial charge in [0.15, 0.2) is 18.1 Å². The number of anilines is 2. The molecular weight excluding hydrogens is 394 g/mol. The van der Waals surface area contributed by atoms with E-state index < -0.39 is 5.91 Å². The van der Waals surface area contributed by atoms with Gasteiger partial charge in [0.2, 0.25) is 5.91 Å². The minimum Gasteiger partial charge on any atom is -0.490 e. The first kappa shape index (κ1) is 22.4. The predicted molar refractivity (Wildman–Crippen MR) is 115 cm³/mol. The number of benzene rings is 2. The number of hydrogen-bond donors (Lipinski definition) is 3. The summed E-state index contributed by atoms with van der Waals surface area (Å²) in [5.74, 6) is -0.00737. The third kappa shape index (κ3) is 6.87. The minimum atomic E-state index is -0.598. The summed E-state index contributed by atoms with van der Waals surface area (Å²) in [6, 6.07) is 11.0. The molecule has 0 fully saturated rings. The fourth-order valence-corrected chi connectivity index (χ4v) is 2.76. The molecule has 0 aromatic heterocycles. The Morgan fingerprint density at radius 1 is 1.14 bits per heavy atom. The molecule has 0 spiro atoms. The Bertz CT molecular complexity index is 871. The zero-order chi connectivity index (χ0) is 21.4. The molecule has 2 amide bonds. The molecule has 8 heteroatoms. The maximum atomic E-state index is 11.9. The summed E-state index contributed by atoms with van der Waals surface area (Å²) in [6.07, 6.45) is 0. The number of ether oxygens (including phenoxy) is 2. The molecule has 0 radical (unpaired) electrons. The highest BCUT2D eigenvalue weighted by Gasteiger charge is 2.14. The van der Waals surface area contributed by atoms with Crippen molar-refractivity contribution in [1.82, 2.24) is 0 Å². The molecular formula is C21H26ClN3O4. The highest BCUT2D eigenvalue weighted by atomic mass is 35.5. The van der Waals surface area contributed by atoms with Crippen molar-refractivity contribution in [2.24, 2.45) is 11.7 Å². The summed E-state index contributed by atoms with van der Waals surface area (Å²) in [6.45, 7) is 6.12. The van der Waals surface area contributed by atoms with Gasteiger partial charge in [-0.1, -0.05) is 31.5 Å². The van der Waals surface area contributed by atoms with Gasteiger partial charge in [0, 0.05) is 23.8 Å². The lowest BCUT2D eigenvalue weighted by molar-refractivity contribution is -0.120. The minimum absolute atomic E-state index is 0.0400. The van der Waals surface area contributed by atoms with Gasteiger partial charge in [-0.15, -0.1) is 0 Å². The van der Waals surface area contributed by atoms with Gasteiger partial charge in [-0.25, -0.2) is 0 Å². The van der Waals surface area contributed by atoms with E-state index in [2.05, 4.69) is 10.6 Å². The second-order valence-corrected chi connectivity index (χ2v) is 7.08. The predicted octanol–water partition coefficient (Wildman–Crippen LogP) is 3.81. The zero-order valence-electron chi connectivity index (χ0n) is 16.8. The van der Waals surface area contributed by atoms with Crippen LogP contribution >= 0.6 is 11.6 Å². The largest absolute Gasteiger partial charge is 0.490 e. The average Bonchev–Trinajstić information content (AvgIpc) is 2.66. The Hall–Kier alpha value is -2.93. The number of hydrogen-bond acceptors (Lipinski definition) is 5. The lowest BCUT2D eigenvalue weighted by atomic mass is 10.1. The number of rotatable bonds is 10. The van der Waals surface area contributed by atoms with E-state index in [0.717, 1.165) is 16.9 Å². The van der Waals surface area contributed by atoms with E-state index in [0.29, 0.717) is 23.9 Å². The van der Waals surface area contributed by atoms with Crippen LogP contribution in [0.2, 0.25) is 5.02 Å². The van der Waals surface area contributed by atoms with E-state index in [9.17, 15) is 9.59 Å². The first-order valence-electron chi connectivity index (χ1n) is 9.31. The van der Waals surface area contributed by atoms with Gasteiger partial charge < -0.3 is 25.8 Å². The van der Waals surface area contributed by atoms with Crippen molar-refractivity contribution in [3.63, 3.8) is 0 Å². The van der Waals surface area contributed by atoms with E-state index in [-0.39, 0.29) is 24.2 Å². The molecule has 7 nitrogen and oxygen atoms in total. The zero-order valence-corrected chi connectivity index (χ0v) is 17.5. The Balaban J connectivity index is 2.12. The molecule has 0 aliphatic heterocycles. The molecule has 0 saturated heterocycles. The number of carbonyl (C=O) groups excluding carboxylic acids is 2. The standard InChI is InChI=1S/C21H26ClN3O4/c1-4-28-18-9-14(8-17(22)20(18)29-12-19(23)26)11-24-15-6-5-7-16(10-15)25-21(27)13(2)3/h5-10,13,24H,4,11-12H2,1-3H3,(H2,23,26)(H,25,27). The number of nitrogens with one attached hydrogen (secondary N) is 2. The lowest BCUT2D eigenvalue weighted by Crippen LogP contribution is -2.20. The van der Waals surface area contributed by atoms with Crippen LogP contribution in [0, 0.1) is 5.92 Å². The van der Waals surface area contributed by atoms with E-state index in [1.807, 2.05) is 45.0 Å². The van der Waals surface area contributed by atoms with E-state index in [4.69, 9.17) is 26.8 Å². The topological polar surface area (TPSA) is 103 Å². The van der Waals surface area contributed by atoms with Crippen LogP contribution in [-0.2, 0) is 16.1 Å². The Kier molecular flexibility index (Phi) is 8.15. The Morgan fingerprint density at radius 2 is 1.86 bits per heavy atom. The molecule has 0 aliphatic rings. The van der Waals surface area contributed by atoms with Crippen molar-refractivity contribution < 1.29 is 19.1 Å². The van der Waals surface area contributed by atoms with Crippen molar-refractivity contribution in [3.05, 3.63) is 47.0 Å². The molecule has 0 unspecified atom stereocenters. The SMILES string of the molecule is CCOc1cc(CNc2cccc(NC(=O)C(C)C)c2)cc(Cl)c1OCC(N)=O. The van der Waals surface area contributed by atoms with Gasteiger partial charge in [-0.05, 0) is 42.8 Å². The summed E-state index contributed by atoms with van der Waals surface area (Å²) >= 11 is 6.32. The van der Waals surface area contributed by atoms with Gasteiger partial charge in [-0.2, -0.15) is 0 Å². The first-order chi connectivity index (χ1) is 13.8. The quantitative estimate of drug-likeness (QED) is 0.543. The summed E-state index contributed by atoms with van der Waals surface area (Å²) in [7, 11) is 0. The van der Waals surface area contributed by atoms with Crippen molar-refractivity contribution in [1.29, 1.82) is 0 Å². The number of primary amides is 1. The van der Waals surface area contributed by atoms with Crippen molar-refractivity contribution in [3.8, 4) is 11.5 Å². The molecule has 2 aromatic rings. The fourth-order valence-electron chi connectivity index (χ4n) is 2.47. The average molecular weight is 420 g/mol. The Morgan fingerprint density at radius 3 is 2.52 bits per heavy atom. The number of nitrogens with two attached hydrogens (primary N) is 1. The Labute approximate surface area is 175 Å². The van der Waals surface area contributed by atoms with Crippen molar-refractivity contribution in [2.75, 3.05) is 23.8 Å². The van der Waals surface area contributed by atoms with E-state index in [1.165, 1.54) is 0 Å². The number of carbonyl (C=O) groups is 2. The van der Waals surface area contributed by atoms with Crippen LogP contribution in [0.1, 0.15) is 26.3 Å². The monoisotopic (exact) mass is 419 g/mol. The summed E-state index contributed by atoms with van der Waals surface area (Å²) in [5, 5.41) is 6.49. The van der Waals surface area contributed by atoms with Crippen molar-refractivity contribution in [2.45, 2.75) is 27.3 Å². The molecule has 0 heterocycles. The molecule has 0 atom stereocenters.